The van der Waals surface area contributed by atoms with Gasteiger partial charge in [0.25, 0.3) is 0 Å². The molecule has 1 amide bonds. The molecule has 0 saturated carbocycles. The van der Waals surface area contributed by atoms with Crippen molar-refractivity contribution in [3.63, 3.8) is 0 Å². The van der Waals surface area contributed by atoms with E-state index in [2.05, 4.69) is 62.8 Å². The summed E-state index contributed by atoms with van der Waals surface area (Å²) in [7, 11) is 0. The van der Waals surface area contributed by atoms with Crippen LogP contribution in [0.25, 0.3) is 0 Å². The number of ether oxygens (including phenoxy) is 1. The third-order valence-electron chi connectivity index (χ3n) is 7.14. The van der Waals surface area contributed by atoms with Crippen molar-refractivity contribution in [1.29, 1.82) is 5.26 Å². The summed E-state index contributed by atoms with van der Waals surface area (Å²) in [6.07, 6.45) is 4.69. The third-order valence-corrected chi connectivity index (χ3v) is 9.28. The quantitative estimate of drug-likeness (QED) is 0.243. The molecule has 3 aromatic rings. The molecular formula is C29H35N5O2S2. The number of hydrogen-bond acceptors (Lipinski definition) is 7. The smallest absolute Gasteiger partial charge is 0.235 e. The molecule has 9 heteroatoms. The molecule has 1 N–H and O–H groups in total. The number of amides is 1. The highest BCUT2D eigenvalue weighted by atomic mass is 32.2. The summed E-state index contributed by atoms with van der Waals surface area (Å²) in [5.41, 5.74) is 4.33. The number of anilines is 1. The van der Waals surface area contributed by atoms with Crippen LogP contribution in [-0.4, -0.2) is 26.4 Å². The van der Waals surface area contributed by atoms with Gasteiger partial charge in [-0.1, -0.05) is 44.7 Å². The van der Waals surface area contributed by atoms with E-state index in [9.17, 15) is 10.1 Å². The van der Waals surface area contributed by atoms with Crippen molar-refractivity contribution in [3.8, 4) is 11.8 Å². The first-order chi connectivity index (χ1) is 18.1. The van der Waals surface area contributed by atoms with Gasteiger partial charge in [0.2, 0.25) is 5.91 Å². The lowest BCUT2D eigenvalue weighted by Gasteiger charge is -2.33. The second-order valence-electron chi connectivity index (χ2n) is 10.8. The maximum absolute atomic E-state index is 12.9. The minimum absolute atomic E-state index is 0.158. The molecule has 1 atom stereocenters. The lowest BCUT2D eigenvalue weighted by molar-refractivity contribution is -0.113. The van der Waals surface area contributed by atoms with Gasteiger partial charge in [-0.05, 0) is 73.3 Å². The predicted octanol–water partition coefficient (Wildman–Crippen LogP) is 6.47. The lowest BCUT2D eigenvalue weighted by Crippen LogP contribution is -2.26. The number of allylic oxidation sites excluding steroid dienone is 1. The van der Waals surface area contributed by atoms with Crippen molar-refractivity contribution in [2.45, 2.75) is 72.2 Å². The third kappa shape index (κ3) is 6.30. The monoisotopic (exact) mass is 549 g/mol. The van der Waals surface area contributed by atoms with E-state index in [4.69, 9.17) is 4.74 Å². The summed E-state index contributed by atoms with van der Waals surface area (Å²) >= 11 is 2.86. The van der Waals surface area contributed by atoms with E-state index in [0.717, 1.165) is 36.1 Å². The first-order valence-corrected chi connectivity index (χ1v) is 14.6. The van der Waals surface area contributed by atoms with E-state index in [1.54, 1.807) is 17.4 Å². The van der Waals surface area contributed by atoms with Crippen LogP contribution in [0.2, 0.25) is 0 Å². The van der Waals surface area contributed by atoms with Crippen LogP contribution in [0.5, 0.6) is 5.75 Å². The molecule has 0 aliphatic heterocycles. The Balaban J connectivity index is 1.40. The van der Waals surface area contributed by atoms with Gasteiger partial charge in [0.15, 0.2) is 11.0 Å². The normalized spacial score (nSPS) is 15.0. The standard InChI is InChI=1S/C29H35N5O2S2/c1-7-12-34-25(16-36-21-10-8-18(2)19(3)13-21)32-33-28(34)37-17-26(35)31-27-23(15-30)22-11-9-20(29(4,5)6)14-24(22)38-27/h7-8,10,13,20H,1,9,11-12,14,16-17H2,2-6H3,(H,31,35). The maximum Gasteiger partial charge on any atom is 0.235 e. The summed E-state index contributed by atoms with van der Waals surface area (Å²) in [5.74, 6) is 2.00. The molecule has 4 rings (SSSR count). The first kappa shape index (κ1) is 27.9. The van der Waals surface area contributed by atoms with Crippen molar-refractivity contribution in [3.05, 3.63) is 63.8 Å². The number of nitrogens with one attached hydrogen (secondary N) is 1. The molecule has 0 bridgehead atoms. The van der Waals surface area contributed by atoms with Crippen LogP contribution < -0.4 is 10.1 Å². The van der Waals surface area contributed by atoms with Gasteiger partial charge in [-0.15, -0.1) is 28.1 Å². The van der Waals surface area contributed by atoms with Gasteiger partial charge in [0.05, 0.1) is 11.3 Å². The van der Waals surface area contributed by atoms with Crippen LogP contribution in [0, 0.1) is 36.5 Å². The second kappa shape index (κ2) is 11.7. The molecule has 2 heterocycles. The minimum atomic E-state index is -0.168. The summed E-state index contributed by atoms with van der Waals surface area (Å²) in [4.78, 5) is 14.1. The Morgan fingerprint density at radius 3 is 2.82 bits per heavy atom. The highest BCUT2D eigenvalue weighted by Crippen LogP contribution is 2.44. The molecule has 1 aliphatic rings. The minimum Gasteiger partial charge on any atom is -0.486 e. The number of fused-ring (bicyclic) bond motifs is 1. The number of thiophene rings is 1. The van der Waals surface area contributed by atoms with E-state index in [1.165, 1.54) is 22.2 Å². The van der Waals surface area contributed by atoms with Gasteiger partial charge in [0.1, 0.15) is 23.4 Å². The van der Waals surface area contributed by atoms with Gasteiger partial charge in [-0.25, -0.2) is 0 Å². The van der Waals surface area contributed by atoms with Gasteiger partial charge < -0.3 is 10.1 Å². The predicted molar refractivity (Wildman–Crippen MR) is 154 cm³/mol. The fraction of sp³-hybridized carbons (Fsp3) is 0.448. The van der Waals surface area contributed by atoms with Gasteiger partial charge in [-0.2, -0.15) is 5.26 Å². The van der Waals surface area contributed by atoms with Crippen LogP contribution >= 0.6 is 23.1 Å². The summed E-state index contributed by atoms with van der Waals surface area (Å²) in [5, 5.41) is 22.7. The number of aromatic nitrogens is 3. The largest absolute Gasteiger partial charge is 0.486 e. The van der Waals surface area contributed by atoms with Gasteiger partial charge in [0, 0.05) is 11.4 Å². The fourth-order valence-electron chi connectivity index (χ4n) is 4.62. The summed E-state index contributed by atoms with van der Waals surface area (Å²) in [6, 6.07) is 8.32. The van der Waals surface area contributed by atoms with Gasteiger partial charge >= 0.3 is 0 Å². The van der Waals surface area contributed by atoms with E-state index in [0.29, 0.717) is 34.0 Å². The molecule has 38 heavy (non-hydrogen) atoms. The molecule has 0 radical (unpaired) electrons. The van der Waals surface area contributed by atoms with Crippen molar-refractivity contribution < 1.29 is 9.53 Å². The first-order valence-electron chi connectivity index (χ1n) is 12.8. The number of thioether (sulfide) groups is 1. The molecule has 1 aromatic carbocycles. The Morgan fingerprint density at radius 2 is 2.13 bits per heavy atom. The number of nitrogens with zero attached hydrogens (tertiary/aromatic N) is 4. The highest BCUT2D eigenvalue weighted by Gasteiger charge is 2.32. The Morgan fingerprint density at radius 1 is 1.34 bits per heavy atom. The van der Waals surface area contributed by atoms with Crippen molar-refractivity contribution in [2.75, 3.05) is 11.1 Å². The van der Waals surface area contributed by atoms with E-state index in [-0.39, 0.29) is 23.7 Å². The van der Waals surface area contributed by atoms with Crippen LogP contribution in [0.3, 0.4) is 0 Å². The molecule has 1 unspecified atom stereocenters. The molecular weight excluding hydrogens is 514 g/mol. The number of carbonyl (C=O) groups excluding carboxylic acids is 1. The van der Waals surface area contributed by atoms with Crippen molar-refractivity contribution >= 4 is 34.0 Å². The Kier molecular flexibility index (Phi) is 8.64. The summed E-state index contributed by atoms with van der Waals surface area (Å²) < 4.78 is 7.86. The van der Waals surface area contributed by atoms with Crippen LogP contribution in [0.15, 0.2) is 36.0 Å². The Labute approximate surface area is 233 Å². The van der Waals surface area contributed by atoms with E-state index < -0.39 is 0 Å². The SMILES string of the molecule is C=CCn1c(COc2ccc(C)c(C)c2)nnc1SCC(=O)Nc1sc2c(c1C#N)CCC(C(C)(C)C)C2. The topological polar surface area (TPSA) is 92.8 Å². The Bertz CT molecular complexity index is 1380. The van der Waals surface area contributed by atoms with Gasteiger partial charge in [-0.3, -0.25) is 9.36 Å². The fourth-order valence-corrected chi connectivity index (χ4v) is 6.68. The second-order valence-corrected chi connectivity index (χ2v) is 12.8. The van der Waals surface area contributed by atoms with E-state index >= 15 is 0 Å². The molecule has 200 valence electrons. The molecule has 1 aliphatic carbocycles. The average Bonchev–Trinajstić information content (AvgIpc) is 3.42. The highest BCUT2D eigenvalue weighted by molar-refractivity contribution is 7.99. The number of aryl methyl sites for hydroxylation is 2. The Hall–Kier alpha value is -3.09. The zero-order valence-electron chi connectivity index (χ0n) is 22.8. The van der Waals surface area contributed by atoms with E-state index in [1.807, 2.05) is 22.8 Å². The average molecular weight is 550 g/mol. The number of rotatable bonds is 9. The van der Waals surface area contributed by atoms with Crippen LogP contribution in [0.1, 0.15) is 60.1 Å². The molecule has 2 aromatic heterocycles. The zero-order chi connectivity index (χ0) is 27.4. The van der Waals surface area contributed by atoms with Crippen molar-refractivity contribution in [2.24, 2.45) is 11.3 Å². The number of nitriles is 1. The maximum atomic E-state index is 12.9. The number of carbonyl (C=O) groups is 1. The lowest BCUT2D eigenvalue weighted by atomic mass is 9.72. The van der Waals surface area contributed by atoms with Crippen LogP contribution in [0.4, 0.5) is 5.00 Å². The molecule has 0 fully saturated rings. The molecule has 0 saturated heterocycles. The molecule has 0 spiro atoms. The summed E-state index contributed by atoms with van der Waals surface area (Å²) in [6.45, 7) is 15.5. The number of hydrogen-bond donors (Lipinski definition) is 1. The van der Waals surface area contributed by atoms with Crippen molar-refractivity contribution in [1.82, 2.24) is 14.8 Å². The molecule has 7 nitrogen and oxygen atoms in total. The van der Waals surface area contributed by atoms with Crippen LogP contribution in [-0.2, 0) is 30.8 Å². The number of benzene rings is 1. The zero-order valence-corrected chi connectivity index (χ0v) is 24.4.